The fourth-order valence-corrected chi connectivity index (χ4v) is 0.522. The molecule has 0 spiro atoms. The molecule has 4 heteroatoms. The summed E-state index contributed by atoms with van der Waals surface area (Å²) in [6.07, 6.45) is -0.167. The number of aliphatic hydroxyl groups is 1. The average Bonchev–Trinajstić information content (AvgIpc) is 2.50. The standard InChI is InChI=1S/C18H4O2.C3H8O.Ti/c1-2-3-4-5-6-7-8-9-10-11-12-13-14-15-16-17-18(19)20;1-3(2)4;/h1H3,(H,19,20);3-4H,1-2H3;. The van der Waals surface area contributed by atoms with Crippen LogP contribution in [0.1, 0.15) is 20.8 Å². The fourth-order valence-electron chi connectivity index (χ4n) is 0.522. The maximum atomic E-state index is 9.99. The van der Waals surface area contributed by atoms with E-state index in [4.69, 9.17) is 10.2 Å². The van der Waals surface area contributed by atoms with Crippen molar-refractivity contribution in [2.24, 2.45) is 0 Å². The molecule has 2 N–H and O–H groups in total. The van der Waals surface area contributed by atoms with Gasteiger partial charge >= 0.3 is 5.97 Å². The van der Waals surface area contributed by atoms with Crippen molar-refractivity contribution in [3.05, 3.63) is 0 Å². The van der Waals surface area contributed by atoms with Gasteiger partial charge in [0.2, 0.25) is 0 Å². The van der Waals surface area contributed by atoms with E-state index in [0.717, 1.165) is 0 Å². The Bertz CT molecular complexity index is 923. The predicted molar refractivity (Wildman–Crippen MR) is 92.9 cm³/mol. The molecule has 0 atom stereocenters. The second-order valence-electron chi connectivity index (χ2n) is 3.52. The molecule has 0 aromatic rings. The summed E-state index contributed by atoms with van der Waals surface area (Å²) in [4.78, 5) is 9.99. The summed E-state index contributed by atoms with van der Waals surface area (Å²) in [6, 6.07) is 0. The van der Waals surface area contributed by atoms with Crippen molar-refractivity contribution in [3.63, 3.8) is 0 Å². The van der Waals surface area contributed by atoms with Crippen LogP contribution >= 0.6 is 0 Å². The van der Waals surface area contributed by atoms with Crippen molar-refractivity contribution < 1.29 is 36.7 Å². The van der Waals surface area contributed by atoms with Gasteiger partial charge in [-0.05, 0) is 104 Å². The second kappa shape index (κ2) is 22.9. The third-order valence-corrected chi connectivity index (χ3v) is 1.11. The van der Waals surface area contributed by atoms with Crippen LogP contribution in [0.5, 0.6) is 0 Å². The molecule has 0 saturated carbocycles. The summed E-state index contributed by atoms with van der Waals surface area (Å²) in [7, 11) is 0. The van der Waals surface area contributed by atoms with Crippen molar-refractivity contribution in [1.82, 2.24) is 0 Å². The minimum atomic E-state index is -1.24. The number of aliphatic carboxylic acids is 1. The largest absolute Gasteiger partial charge is 0.472 e. The smallest absolute Gasteiger partial charge is 0.382 e. The van der Waals surface area contributed by atoms with E-state index in [1.54, 1.807) is 20.8 Å². The van der Waals surface area contributed by atoms with E-state index in [9.17, 15) is 4.79 Å². The second-order valence-corrected chi connectivity index (χ2v) is 3.52. The summed E-state index contributed by atoms with van der Waals surface area (Å²) >= 11 is 0. The van der Waals surface area contributed by atoms with Crippen LogP contribution < -0.4 is 0 Å². The molecule has 0 saturated heterocycles. The van der Waals surface area contributed by atoms with E-state index in [1.807, 2.05) is 5.92 Å². The molecule has 0 aromatic carbocycles. The van der Waals surface area contributed by atoms with Crippen LogP contribution in [-0.4, -0.2) is 22.3 Å². The van der Waals surface area contributed by atoms with Gasteiger partial charge in [-0.3, -0.25) is 0 Å². The number of carbonyl (C=O) groups is 1. The Kier molecular flexibility index (Phi) is 24.3. The van der Waals surface area contributed by atoms with Crippen LogP contribution in [0.15, 0.2) is 0 Å². The summed E-state index contributed by atoms with van der Waals surface area (Å²) in [6.45, 7) is 5.13. The van der Waals surface area contributed by atoms with Crippen LogP contribution in [0.4, 0.5) is 0 Å². The summed E-state index contributed by atoms with van der Waals surface area (Å²) in [5, 5.41) is 16.2. The zero-order valence-electron chi connectivity index (χ0n) is 13.9. The van der Waals surface area contributed by atoms with E-state index in [-0.39, 0.29) is 27.8 Å². The van der Waals surface area contributed by atoms with Gasteiger partial charge in [-0.15, -0.1) is 0 Å². The third-order valence-electron chi connectivity index (χ3n) is 1.11. The fraction of sp³-hybridized carbons (Fsp3) is 0.190. The number of aliphatic hydroxyl groups excluding tert-OH is 1. The van der Waals surface area contributed by atoms with Gasteiger partial charge in [0.05, 0.1) is 0 Å². The Morgan fingerprint density at radius 1 is 0.680 bits per heavy atom. The maximum Gasteiger partial charge on any atom is 0.382 e. The SMILES string of the molecule is CC#CC#CC#CC#CC#CC#CC#CC#CC(=O)O.CC(C)O.[Ti]. The molecule has 0 aliphatic carbocycles. The monoisotopic (exact) mass is 360 g/mol. The zero-order chi connectivity index (χ0) is 18.5. The minimum absolute atomic E-state index is 0. The van der Waals surface area contributed by atoms with Gasteiger partial charge in [0.15, 0.2) is 0 Å². The van der Waals surface area contributed by atoms with Crippen LogP contribution in [0.25, 0.3) is 0 Å². The first-order chi connectivity index (χ1) is 11.5. The molecule has 0 rings (SSSR count). The predicted octanol–water partition coefficient (Wildman–Crippen LogP) is 0.503. The molecule has 0 bridgehead atoms. The number of carboxylic acids is 1. The van der Waals surface area contributed by atoms with Crippen LogP contribution in [-0.2, 0) is 26.5 Å². The molecule has 0 unspecified atom stereocenters. The Labute approximate surface area is 164 Å². The van der Waals surface area contributed by atoms with E-state index < -0.39 is 5.97 Å². The number of hydrogen-bond donors (Lipinski definition) is 2. The molecule has 0 fully saturated rings. The van der Waals surface area contributed by atoms with E-state index >= 15 is 0 Å². The number of hydrogen-bond acceptors (Lipinski definition) is 2. The van der Waals surface area contributed by atoms with E-state index in [2.05, 4.69) is 88.8 Å². The van der Waals surface area contributed by atoms with E-state index in [1.165, 1.54) is 0 Å². The zero-order valence-corrected chi connectivity index (χ0v) is 15.4. The summed E-state index contributed by atoms with van der Waals surface area (Å²) in [5.41, 5.74) is 0. The van der Waals surface area contributed by atoms with Crippen molar-refractivity contribution in [2.45, 2.75) is 26.9 Å². The van der Waals surface area contributed by atoms with Crippen LogP contribution in [0.3, 0.4) is 0 Å². The van der Waals surface area contributed by atoms with Gasteiger partial charge in [0.25, 0.3) is 0 Å². The van der Waals surface area contributed by atoms with Crippen molar-refractivity contribution >= 4 is 5.97 Å². The van der Waals surface area contributed by atoms with Crippen molar-refractivity contribution in [1.29, 1.82) is 0 Å². The quantitative estimate of drug-likeness (QED) is 0.489. The Morgan fingerprint density at radius 3 is 1.16 bits per heavy atom. The molecule has 118 valence electrons. The average molecular weight is 360 g/mol. The Morgan fingerprint density at radius 2 is 0.920 bits per heavy atom. The summed E-state index contributed by atoms with van der Waals surface area (Å²) < 4.78 is 0. The topological polar surface area (TPSA) is 57.5 Å². The third kappa shape index (κ3) is 38.5. The van der Waals surface area contributed by atoms with Gasteiger partial charge < -0.3 is 10.2 Å². The van der Waals surface area contributed by atoms with Gasteiger partial charge in [-0.2, -0.15) is 0 Å². The normalized spacial score (nSPS) is 5.00. The van der Waals surface area contributed by atoms with Gasteiger partial charge in [0, 0.05) is 33.7 Å². The molecule has 0 aromatic heterocycles. The molecule has 0 radical (unpaired) electrons. The van der Waals surface area contributed by atoms with Gasteiger partial charge in [-0.25, -0.2) is 4.79 Å². The number of carboxylic acid groups (broad SMARTS) is 1. The van der Waals surface area contributed by atoms with Crippen LogP contribution in [0.2, 0.25) is 0 Å². The molecular weight excluding hydrogens is 348 g/mol. The number of rotatable bonds is 0. The molecule has 0 heterocycles. The molecule has 25 heavy (non-hydrogen) atoms. The molecule has 3 nitrogen and oxygen atoms in total. The minimum Gasteiger partial charge on any atom is -0.472 e. The van der Waals surface area contributed by atoms with Gasteiger partial charge in [0.1, 0.15) is 0 Å². The molecule has 0 aliphatic rings. The molecule has 0 amide bonds. The van der Waals surface area contributed by atoms with Gasteiger partial charge in [-0.1, -0.05) is 5.92 Å². The first kappa shape index (κ1) is 26.5. The Hall–Kier alpha value is -3.38. The Balaban J connectivity index is -0.000000867. The maximum absolute atomic E-state index is 9.99. The summed E-state index contributed by atoms with van der Waals surface area (Å²) in [5.74, 6) is 36.8. The first-order valence-electron chi connectivity index (χ1n) is 6.34. The molecule has 0 aliphatic heterocycles. The molecular formula is C21H12O3Ti. The van der Waals surface area contributed by atoms with Crippen LogP contribution in [0, 0.1) is 94.7 Å². The first-order valence-corrected chi connectivity index (χ1v) is 6.34. The van der Waals surface area contributed by atoms with Crippen molar-refractivity contribution in [3.8, 4) is 94.7 Å². The van der Waals surface area contributed by atoms with E-state index in [0.29, 0.717) is 0 Å². The van der Waals surface area contributed by atoms with Crippen molar-refractivity contribution in [2.75, 3.05) is 0 Å².